The average Bonchev–Trinajstić information content (AvgIpc) is 2.55. The van der Waals surface area contributed by atoms with Gasteiger partial charge in [0.05, 0.1) is 12.5 Å². The number of nitrogens with zero attached hydrogens (tertiary/aromatic N) is 1. The Hall–Kier alpha value is -0.860. The summed E-state index contributed by atoms with van der Waals surface area (Å²) in [5.74, 6) is 1.02. The highest BCUT2D eigenvalue weighted by atomic mass is 16.5. The minimum atomic E-state index is 0.0116. The third-order valence-corrected chi connectivity index (χ3v) is 2.21. The zero-order valence-corrected chi connectivity index (χ0v) is 6.38. The Bertz CT molecular complexity index is 210. The van der Waals surface area contributed by atoms with Crippen LogP contribution in [0.15, 0.2) is 4.99 Å². The number of aliphatic imine (C=N–C) groups is 1. The molecule has 11 heavy (non-hydrogen) atoms. The Kier molecular flexibility index (Phi) is 1.64. The molecule has 2 aliphatic rings. The van der Waals surface area contributed by atoms with Crippen molar-refractivity contribution in [2.75, 3.05) is 13.2 Å². The van der Waals surface area contributed by atoms with Crippen LogP contribution in [-0.2, 0) is 9.53 Å². The van der Waals surface area contributed by atoms with Crippen molar-refractivity contribution in [2.24, 2.45) is 10.9 Å². The lowest BCUT2D eigenvalue weighted by atomic mass is 10.1. The lowest BCUT2D eigenvalue weighted by Gasteiger charge is -2.06. The van der Waals surface area contributed by atoms with Crippen molar-refractivity contribution < 1.29 is 9.53 Å². The Morgan fingerprint density at radius 1 is 1.55 bits per heavy atom. The van der Waals surface area contributed by atoms with E-state index in [0.717, 1.165) is 19.4 Å². The van der Waals surface area contributed by atoms with Crippen LogP contribution < -0.4 is 0 Å². The molecule has 0 aromatic heterocycles. The minimum Gasteiger partial charge on any atom is -0.478 e. The van der Waals surface area contributed by atoms with Crippen LogP contribution in [-0.4, -0.2) is 24.8 Å². The van der Waals surface area contributed by atoms with Gasteiger partial charge >= 0.3 is 0 Å². The number of ether oxygens (including phenoxy) is 1. The smallest absolute Gasteiger partial charge is 0.194 e. The van der Waals surface area contributed by atoms with Gasteiger partial charge in [0, 0.05) is 6.42 Å². The molecule has 0 saturated heterocycles. The quantitative estimate of drug-likeness (QED) is 0.558. The van der Waals surface area contributed by atoms with E-state index >= 15 is 0 Å². The van der Waals surface area contributed by atoms with Crippen LogP contribution in [0.1, 0.15) is 19.3 Å². The fourth-order valence-corrected chi connectivity index (χ4v) is 1.64. The van der Waals surface area contributed by atoms with Crippen molar-refractivity contribution in [1.29, 1.82) is 0 Å². The maximum atomic E-state index is 11.2. The third-order valence-electron chi connectivity index (χ3n) is 2.21. The number of carbonyl (C=O) groups is 1. The molecule has 1 unspecified atom stereocenters. The summed E-state index contributed by atoms with van der Waals surface area (Å²) in [5.41, 5.74) is 0. The molecule has 0 aromatic carbocycles. The van der Waals surface area contributed by atoms with E-state index in [-0.39, 0.29) is 5.92 Å². The molecule has 1 aliphatic heterocycles. The second kappa shape index (κ2) is 2.64. The van der Waals surface area contributed by atoms with Crippen LogP contribution in [0.5, 0.6) is 0 Å². The van der Waals surface area contributed by atoms with Gasteiger partial charge in [-0.1, -0.05) is 0 Å². The lowest BCUT2D eigenvalue weighted by Crippen LogP contribution is -2.18. The molecule has 3 nitrogen and oxygen atoms in total. The van der Waals surface area contributed by atoms with E-state index in [4.69, 9.17) is 4.74 Å². The van der Waals surface area contributed by atoms with E-state index in [1.807, 2.05) is 0 Å². The van der Waals surface area contributed by atoms with Gasteiger partial charge in [0.25, 0.3) is 0 Å². The van der Waals surface area contributed by atoms with Crippen LogP contribution in [0, 0.1) is 5.92 Å². The first-order valence-corrected chi connectivity index (χ1v) is 4.08. The lowest BCUT2D eigenvalue weighted by molar-refractivity contribution is -0.119. The Morgan fingerprint density at radius 3 is 3.00 bits per heavy atom. The van der Waals surface area contributed by atoms with Crippen LogP contribution in [0.3, 0.4) is 0 Å². The molecule has 1 heterocycles. The number of carbonyl (C=O) groups excluding carboxylic acids is 1. The van der Waals surface area contributed by atoms with Crippen LogP contribution in [0.25, 0.3) is 0 Å². The zero-order valence-electron chi connectivity index (χ0n) is 6.38. The standard InChI is InChI=1S/C8H11NO2/c10-7-3-1-2-6(7)8-9-4-5-11-8/h6H,1-5H2. The summed E-state index contributed by atoms with van der Waals surface area (Å²) in [6.07, 6.45) is 2.66. The summed E-state index contributed by atoms with van der Waals surface area (Å²) in [4.78, 5) is 15.3. The van der Waals surface area contributed by atoms with Gasteiger partial charge in [0.2, 0.25) is 0 Å². The van der Waals surface area contributed by atoms with Gasteiger partial charge in [-0.05, 0) is 12.8 Å². The first kappa shape index (κ1) is 6.83. The Balaban J connectivity index is 2.08. The molecular formula is C8H11NO2. The monoisotopic (exact) mass is 153 g/mol. The molecule has 0 bridgehead atoms. The van der Waals surface area contributed by atoms with Gasteiger partial charge < -0.3 is 4.74 Å². The molecule has 0 amide bonds. The van der Waals surface area contributed by atoms with Crippen molar-refractivity contribution in [1.82, 2.24) is 0 Å². The molecule has 60 valence electrons. The second-order valence-electron chi connectivity index (χ2n) is 2.98. The van der Waals surface area contributed by atoms with E-state index < -0.39 is 0 Å². The molecule has 1 aliphatic carbocycles. The molecule has 1 atom stereocenters. The molecule has 0 aromatic rings. The number of hydrogen-bond acceptors (Lipinski definition) is 3. The normalized spacial score (nSPS) is 30.4. The highest BCUT2D eigenvalue weighted by Gasteiger charge is 2.31. The Labute approximate surface area is 65.5 Å². The van der Waals surface area contributed by atoms with E-state index in [0.29, 0.717) is 24.7 Å². The highest BCUT2D eigenvalue weighted by molar-refractivity contribution is 6.03. The first-order chi connectivity index (χ1) is 5.38. The van der Waals surface area contributed by atoms with Gasteiger partial charge in [-0.15, -0.1) is 0 Å². The SMILES string of the molecule is O=C1CCCC1C1=NCCO1. The highest BCUT2D eigenvalue weighted by Crippen LogP contribution is 2.24. The Morgan fingerprint density at radius 2 is 2.45 bits per heavy atom. The van der Waals surface area contributed by atoms with Crippen molar-refractivity contribution in [2.45, 2.75) is 19.3 Å². The zero-order chi connectivity index (χ0) is 7.68. The van der Waals surface area contributed by atoms with Crippen LogP contribution >= 0.6 is 0 Å². The average molecular weight is 153 g/mol. The molecular weight excluding hydrogens is 142 g/mol. The summed E-state index contributed by atoms with van der Waals surface area (Å²) < 4.78 is 5.24. The van der Waals surface area contributed by atoms with Gasteiger partial charge in [-0.25, -0.2) is 0 Å². The number of hydrogen-bond donors (Lipinski definition) is 0. The number of Topliss-reactive ketones (excluding diaryl/α,β-unsaturated/α-hetero) is 1. The van der Waals surface area contributed by atoms with Crippen molar-refractivity contribution >= 4 is 11.7 Å². The van der Waals surface area contributed by atoms with Crippen LogP contribution in [0.4, 0.5) is 0 Å². The third kappa shape index (κ3) is 1.15. The van der Waals surface area contributed by atoms with E-state index in [2.05, 4.69) is 4.99 Å². The number of rotatable bonds is 1. The summed E-state index contributed by atoms with van der Waals surface area (Å²) in [6, 6.07) is 0. The molecule has 1 fully saturated rings. The molecule has 1 saturated carbocycles. The predicted molar refractivity (Wildman–Crippen MR) is 40.6 cm³/mol. The van der Waals surface area contributed by atoms with Gasteiger partial charge in [-0.3, -0.25) is 9.79 Å². The number of ketones is 1. The van der Waals surface area contributed by atoms with Crippen LogP contribution in [0.2, 0.25) is 0 Å². The fraction of sp³-hybridized carbons (Fsp3) is 0.750. The molecule has 0 spiro atoms. The molecule has 3 heteroatoms. The maximum Gasteiger partial charge on any atom is 0.194 e. The second-order valence-corrected chi connectivity index (χ2v) is 2.98. The van der Waals surface area contributed by atoms with E-state index in [1.54, 1.807) is 0 Å². The molecule has 0 radical (unpaired) electrons. The van der Waals surface area contributed by atoms with Gasteiger partial charge in [0.1, 0.15) is 12.4 Å². The molecule has 2 rings (SSSR count). The maximum absolute atomic E-state index is 11.2. The first-order valence-electron chi connectivity index (χ1n) is 4.08. The van der Waals surface area contributed by atoms with Crippen molar-refractivity contribution in [3.8, 4) is 0 Å². The minimum absolute atomic E-state index is 0.0116. The fourth-order valence-electron chi connectivity index (χ4n) is 1.64. The van der Waals surface area contributed by atoms with E-state index in [1.165, 1.54) is 0 Å². The summed E-state index contributed by atoms with van der Waals surface area (Å²) in [5, 5.41) is 0. The summed E-state index contributed by atoms with van der Waals surface area (Å²) in [7, 11) is 0. The summed E-state index contributed by atoms with van der Waals surface area (Å²) in [6.45, 7) is 1.40. The van der Waals surface area contributed by atoms with Crippen molar-refractivity contribution in [3.63, 3.8) is 0 Å². The van der Waals surface area contributed by atoms with Gasteiger partial charge in [-0.2, -0.15) is 0 Å². The summed E-state index contributed by atoms with van der Waals surface area (Å²) >= 11 is 0. The molecule has 0 N–H and O–H groups in total. The van der Waals surface area contributed by atoms with Gasteiger partial charge in [0.15, 0.2) is 5.90 Å². The van der Waals surface area contributed by atoms with Crippen molar-refractivity contribution in [3.05, 3.63) is 0 Å². The predicted octanol–water partition coefficient (Wildman–Crippen LogP) is 0.784. The van der Waals surface area contributed by atoms with E-state index in [9.17, 15) is 4.79 Å². The topological polar surface area (TPSA) is 38.7 Å². The largest absolute Gasteiger partial charge is 0.478 e.